The van der Waals surface area contributed by atoms with Gasteiger partial charge in [-0.3, -0.25) is 0 Å². The number of rotatable bonds is 8. The molecule has 0 N–H and O–H groups in total. The molecule has 4 rings (SSSR count). The van der Waals surface area contributed by atoms with Gasteiger partial charge in [0.1, 0.15) is 23.6 Å². The van der Waals surface area contributed by atoms with Crippen molar-refractivity contribution in [1.82, 2.24) is 0 Å². The maximum absolute atomic E-state index is 9.76. The molecule has 0 amide bonds. The van der Waals surface area contributed by atoms with Crippen molar-refractivity contribution in [3.05, 3.63) is 130 Å². The summed E-state index contributed by atoms with van der Waals surface area (Å²) >= 11 is 0. The van der Waals surface area contributed by atoms with Crippen molar-refractivity contribution in [3.63, 3.8) is 0 Å². The van der Waals surface area contributed by atoms with Gasteiger partial charge >= 0.3 is 0 Å². The quantitative estimate of drug-likeness (QED) is 0.310. The Kier molecular flexibility index (Phi) is 7.16. The van der Waals surface area contributed by atoms with E-state index in [0.29, 0.717) is 22.6 Å². The Morgan fingerprint density at radius 2 is 0.909 bits per heavy atom. The van der Waals surface area contributed by atoms with Crippen molar-refractivity contribution in [2.75, 3.05) is 0 Å². The topological polar surface area (TPSA) is 56.8 Å². The SMILES string of the molecule is N#Cc1cccc(CCc2ccccc2)c1Oc1c(C#N)cccc1CCc1ccccc1. The summed E-state index contributed by atoms with van der Waals surface area (Å²) in [6.07, 6.45) is 3.16. The van der Waals surface area contributed by atoms with Crippen molar-refractivity contribution in [2.45, 2.75) is 25.7 Å². The molecule has 0 spiro atoms. The van der Waals surface area contributed by atoms with Crippen LogP contribution in [0.3, 0.4) is 0 Å². The van der Waals surface area contributed by atoms with Crippen LogP contribution in [0.2, 0.25) is 0 Å². The van der Waals surface area contributed by atoms with Crippen molar-refractivity contribution in [2.24, 2.45) is 0 Å². The maximum Gasteiger partial charge on any atom is 0.148 e. The standard InChI is InChI=1S/C30H24N2O/c31-21-27-15-7-13-25(19-17-23-9-3-1-4-10-23)29(27)33-30-26(14-8-16-28(30)22-32)20-18-24-11-5-2-6-12-24/h1-16H,17-20H2. The van der Waals surface area contributed by atoms with Crippen LogP contribution in [0.25, 0.3) is 0 Å². The van der Waals surface area contributed by atoms with Gasteiger partial charge in [0.2, 0.25) is 0 Å². The third kappa shape index (κ3) is 5.48. The molecule has 0 aliphatic carbocycles. The van der Waals surface area contributed by atoms with E-state index >= 15 is 0 Å². The third-order valence-corrected chi connectivity index (χ3v) is 5.69. The fourth-order valence-electron chi connectivity index (χ4n) is 3.93. The van der Waals surface area contributed by atoms with Gasteiger partial charge in [0.05, 0.1) is 11.1 Å². The molecule has 0 atom stereocenters. The molecule has 0 saturated heterocycles. The van der Waals surface area contributed by atoms with E-state index in [1.807, 2.05) is 60.7 Å². The molecular formula is C30H24N2O. The molecule has 0 unspecified atom stereocenters. The molecule has 33 heavy (non-hydrogen) atoms. The van der Waals surface area contributed by atoms with E-state index in [9.17, 15) is 10.5 Å². The Bertz CT molecular complexity index is 1200. The lowest BCUT2D eigenvalue weighted by molar-refractivity contribution is 0.466. The van der Waals surface area contributed by atoms with Crippen molar-refractivity contribution >= 4 is 0 Å². The first-order chi connectivity index (χ1) is 16.3. The molecule has 0 fully saturated rings. The molecule has 3 heteroatoms. The largest absolute Gasteiger partial charge is 0.454 e. The number of hydrogen-bond acceptors (Lipinski definition) is 3. The predicted molar refractivity (Wildman–Crippen MR) is 130 cm³/mol. The second-order valence-electron chi connectivity index (χ2n) is 7.88. The molecule has 0 aliphatic rings. The van der Waals surface area contributed by atoms with E-state index in [4.69, 9.17) is 4.74 Å². The van der Waals surface area contributed by atoms with Crippen LogP contribution in [0.1, 0.15) is 33.4 Å². The second kappa shape index (κ2) is 10.8. The molecule has 0 bridgehead atoms. The summed E-state index contributed by atoms with van der Waals surface area (Å²) in [6.45, 7) is 0. The lowest BCUT2D eigenvalue weighted by Gasteiger charge is -2.17. The summed E-state index contributed by atoms with van der Waals surface area (Å²) in [7, 11) is 0. The van der Waals surface area contributed by atoms with E-state index in [2.05, 4.69) is 36.4 Å². The highest BCUT2D eigenvalue weighted by Gasteiger charge is 2.16. The number of para-hydroxylation sites is 2. The Morgan fingerprint density at radius 1 is 0.485 bits per heavy atom. The molecule has 160 valence electrons. The Morgan fingerprint density at radius 3 is 1.30 bits per heavy atom. The maximum atomic E-state index is 9.76. The zero-order chi connectivity index (χ0) is 22.9. The number of nitriles is 2. The highest BCUT2D eigenvalue weighted by Crippen LogP contribution is 2.35. The fraction of sp³-hybridized carbons (Fsp3) is 0.133. The fourth-order valence-corrected chi connectivity index (χ4v) is 3.93. The minimum atomic E-state index is 0.474. The Hall–Kier alpha value is -4.34. The summed E-state index contributed by atoms with van der Waals surface area (Å²) in [6, 6.07) is 36.3. The third-order valence-electron chi connectivity index (χ3n) is 5.69. The number of hydrogen-bond donors (Lipinski definition) is 0. The second-order valence-corrected chi connectivity index (χ2v) is 7.88. The van der Waals surface area contributed by atoms with Gasteiger partial charge in [0.25, 0.3) is 0 Å². The summed E-state index contributed by atoms with van der Waals surface area (Å²) in [5.41, 5.74) is 5.32. The zero-order valence-electron chi connectivity index (χ0n) is 18.4. The minimum Gasteiger partial charge on any atom is -0.454 e. The summed E-state index contributed by atoms with van der Waals surface area (Å²) in [5, 5.41) is 19.5. The summed E-state index contributed by atoms with van der Waals surface area (Å²) in [4.78, 5) is 0. The molecule has 0 aliphatic heterocycles. The van der Waals surface area contributed by atoms with Gasteiger partial charge in [-0.1, -0.05) is 84.9 Å². The van der Waals surface area contributed by atoms with Gasteiger partial charge in [-0.25, -0.2) is 0 Å². The first-order valence-electron chi connectivity index (χ1n) is 11.1. The molecule has 0 heterocycles. The zero-order valence-corrected chi connectivity index (χ0v) is 18.4. The normalized spacial score (nSPS) is 10.2. The summed E-state index contributed by atoms with van der Waals surface area (Å²) < 4.78 is 6.42. The number of benzene rings is 4. The van der Waals surface area contributed by atoms with Gasteiger partial charge in [-0.05, 0) is 60.1 Å². The van der Waals surface area contributed by atoms with E-state index < -0.39 is 0 Å². The molecule has 4 aromatic rings. The van der Waals surface area contributed by atoms with Crippen LogP contribution >= 0.6 is 0 Å². The molecule has 4 aromatic carbocycles. The van der Waals surface area contributed by atoms with Crippen LogP contribution in [0.5, 0.6) is 11.5 Å². The monoisotopic (exact) mass is 428 g/mol. The van der Waals surface area contributed by atoms with Crippen LogP contribution in [0.15, 0.2) is 97.1 Å². The van der Waals surface area contributed by atoms with Gasteiger partial charge in [0.15, 0.2) is 0 Å². The lowest BCUT2D eigenvalue weighted by atomic mass is 10.00. The minimum absolute atomic E-state index is 0.474. The molecule has 3 nitrogen and oxygen atoms in total. The Balaban J connectivity index is 1.65. The van der Waals surface area contributed by atoms with E-state index in [1.54, 1.807) is 12.1 Å². The predicted octanol–water partition coefficient (Wildman–Crippen LogP) is 6.79. The number of aryl methyl sites for hydroxylation is 4. The van der Waals surface area contributed by atoms with E-state index in [1.165, 1.54) is 11.1 Å². The van der Waals surface area contributed by atoms with Crippen LogP contribution in [0, 0.1) is 22.7 Å². The average molecular weight is 429 g/mol. The Labute approximate surface area is 195 Å². The van der Waals surface area contributed by atoms with Gasteiger partial charge in [0, 0.05) is 0 Å². The van der Waals surface area contributed by atoms with E-state index in [-0.39, 0.29) is 0 Å². The number of nitrogens with zero attached hydrogens (tertiary/aromatic N) is 2. The van der Waals surface area contributed by atoms with Crippen molar-refractivity contribution in [3.8, 4) is 23.6 Å². The van der Waals surface area contributed by atoms with Crippen LogP contribution in [-0.4, -0.2) is 0 Å². The van der Waals surface area contributed by atoms with E-state index in [0.717, 1.165) is 36.8 Å². The average Bonchev–Trinajstić information content (AvgIpc) is 2.88. The smallest absolute Gasteiger partial charge is 0.148 e. The summed E-state index contributed by atoms with van der Waals surface area (Å²) in [5.74, 6) is 1.08. The van der Waals surface area contributed by atoms with Crippen molar-refractivity contribution < 1.29 is 4.74 Å². The van der Waals surface area contributed by atoms with Crippen LogP contribution in [0.4, 0.5) is 0 Å². The molecule has 0 aromatic heterocycles. The van der Waals surface area contributed by atoms with Gasteiger partial charge < -0.3 is 4.74 Å². The molecule has 0 saturated carbocycles. The van der Waals surface area contributed by atoms with Gasteiger partial charge in [-0.15, -0.1) is 0 Å². The highest BCUT2D eigenvalue weighted by atomic mass is 16.5. The van der Waals surface area contributed by atoms with Crippen LogP contribution in [-0.2, 0) is 25.7 Å². The molecule has 0 radical (unpaired) electrons. The van der Waals surface area contributed by atoms with Gasteiger partial charge in [-0.2, -0.15) is 10.5 Å². The first-order valence-corrected chi connectivity index (χ1v) is 11.1. The highest BCUT2D eigenvalue weighted by molar-refractivity contribution is 5.55. The van der Waals surface area contributed by atoms with Crippen LogP contribution < -0.4 is 4.74 Å². The number of ether oxygens (including phenoxy) is 1. The van der Waals surface area contributed by atoms with Crippen molar-refractivity contribution in [1.29, 1.82) is 10.5 Å². The first kappa shape index (κ1) is 21.9. The molecular weight excluding hydrogens is 404 g/mol. The lowest BCUT2D eigenvalue weighted by Crippen LogP contribution is -2.02.